The summed E-state index contributed by atoms with van der Waals surface area (Å²) in [5, 5.41) is 0.329. The summed E-state index contributed by atoms with van der Waals surface area (Å²) >= 11 is 5.77. The van der Waals surface area contributed by atoms with Gasteiger partial charge in [0, 0.05) is 11.1 Å². The van der Waals surface area contributed by atoms with E-state index in [2.05, 4.69) is 4.99 Å². The summed E-state index contributed by atoms with van der Waals surface area (Å²) < 4.78 is 12.8. The van der Waals surface area contributed by atoms with Gasteiger partial charge in [0.05, 0.1) is 0 Å². The van der Waals surface area contributed by atoms with Gasteiger partial charge < -0.3 is 11.5 Å². The fourth-order valence-corrected chi connectivity index (χ4v) is 1.15. The Kier molecular flexibility index (Phi) is 4.02. The molecule has 0 unspecified atom stereocenters. The van der Waals surface area contributed by atoms with Crippen molar-refractivity contribution >= 4 is 29.5 Å². The minimum absolute atomic E-state index is 0.329. The molecule has 4 nitrogen and oxygen atoms in total. The average Bonchev–Trinajstić information content (AvgIpc) is 2.18. The molecule has 0 aliphatic carbocycles. The summed E-state index contributed by atoms with van der Waals surface area (Å²) in [5.41, 5.74) is 10.4. The molecule has 1 aromatic carbocycles. The summed E-state index contributed by atoms with van der Waals surface area (Å²) in [5.74, 6) is -1.42. The molecule has 16 heavy (non-hydrogen) atoms. The topological polar surface area (TPSA) is 81.5 Å². The molecule has 0 atom stereocenters. The Balaban J connectivity index is 2.88. The summed E-state index contributed by atoms with van der Waals surface area (Å²) in [7, 11) is 0. The van der Waals surface area contributed by atoms with Crippen molar-refractivity contribution in [3.63, 3.8) is 0 Å². The van der Waals surface area contributed by atoms with Gasteiger partial charge in [-0.1, -0.05) is 11.6 Å². The molecule has 0 spiro atoms. The molecule has 0 aliphatic heterocycles. The number of benzene rings is 1. The maximum atomic E-state index is 12.8. The third-order valence-electron chi connectivity index (χ3n) is 1.60. The molecular weight excluding hydrogens is 233 g/mol. The van der Waals surface area contributed by atoms with Crippen molar-refractivity contribution in [3.8, 4) is 0 Å². The largest absolute Gasteiger partial charge is 0.370 e. The van der Waals surface area contributed by atoms with Crippen molar-refractivity contribution in [1.29, 1.82) is 0 Å². The standard InChI is InChI=1S/C10H9ClFN3O/c11-8-3-2-7(12)5-6(8)1-4-9(16)15-10(13)14/h1-5H,(H4,13,14,15,16). The van der Waals surface area contributed by atoms with Crippen molar-refractivity contribution < 1.29 is 9.18 Å². The summed E-state index contributed by atoms with van der Waals surface area (Å²) in [6.45, 7) is 0. The molecule has 1 rings (SSSR count). The highest BCUT2D eigenvalue weighted by Gasteiger charge is 1.99. The number of nitrogens with zero attached hydrogens (tertiary/aromatic N) is 1. The van der Waals surface area contributed by atoms with Crippen LogP contribution in [0.4, 0.5) is 4.39 Å². The lowest BCUT2D eigenvalue weighted by Crippen LogP contribution is -2.23. The van der Waals surface area contributed by atoms with Gasteiger partial charge in [-0.2, -0.15) is 4.99 Å². The molecule has 0 fully saturated rings. The molecule has 0 saturated heterocycles. The first-order valence-corrected chi connectivity index (χ1v) is 4.63. The molecule has 0 aromatic heterocycles. The Bertz CT molecular complexity index is 467. The zero-order valence-electron chi connectivity index (χ0n) is 8.15. The van der Waals surface area contributed by atoms with Crippen LogP contribution in [0, 0.1) is 5.82 Å². The van der Waals surface area contributed by atoms with E-state index < -0.39 is 11.7 Å². The number of rotatable bonds is 2. The highest BCUT2D eigenvalue weighted by Crippen LogP contribution is 2.18. The molecule has 0 aliphatic rings. The second-order valence-corrected chi connectivity index (χ2v) is 3.28. The van der Waals surface area contributed by atoms with Gasteiger partial charge in [-0.15, -0.1) is 0 Å². The second kappa shape index (κ2) is 5.27. The third kappa shape index (κ3) is 3.70. The fraction of sp³-hybridized carbons (Fsp3) is 0. The Morgan fingerprint density at radius 1 is 1.44 bits per heavy atom. The van der Waals surface area contributed by atoms with Gasteiger partial charge in [0.1, 0.15) is 5.82 Å². The molecule has 4 N–H and O–H groups in total. The number of halogens is 2. The van der Waals surface area contributed by atoms with Crippen LogP contribution in [-0.4, -0.2) is 11.9 Å². The van der Waals surface area contributed by atoms with Crippen LogP contribution in [-0.2, 0) is 4.79 Å². The Labute approximate surface area is 96.4 Å². The Morgan fingerprint density at radius 2 is 2.12 bits per heavy atom. The van der Waals surface area contributed by atoms with E-state index in [1.807, 2.05) is 0 Å². The molecule has 0 heterocycles. The van der Waals surface area contributed by atoms with Crippen LogP contribution in [0.25, 0.3) is 6.08 Å². The first kappa shape index (κ1) is 12.2. The minimum atomic E-state index is -0.639. The molecule has 0 saturated carbocycles. The van der Waals surface area contributed by atoms with E-state index in [0.717, 1.165) is 6.08 Å². The third-order valence-corrected chi connectivity index (χ3v) is 1.95. The maximum Gasteiger partial charge on any atom is 0.272 e. The van der Waals surface area contributed by atoms with Crippen molar-refractivity contribution in [1.82, 2.24) is 0 Å². The lowest BCUT2D eigenvalue weighted by Gasteiger charge is -1.97. The smallest absolute Gasteiger partial charge is 0.272 e. The number of guanidine groups is 1. The first-order valence-electron chi connectivity index (χ1n) is 4.26. The number of aliphatic imine (C=N–C) groups is 1. The van der Waals surface area contributed by atoms with Crippen LogP contribution in [0.15, 0.2) is 29.3 Å². The van der Waals surface area contributed by atoms with E-state index in [-0.39, 0.29) is 5.96 Å². The van der Waals surface area contributed by atoms with E-state index in [1.54, 1.807) is 0 Å². The van der Waals surface area contributed by atoms with Crippen LogP contribution in [0.1, 0.15) is 5.56 Å². The highest BCUT2D eigenvalue weighted by atomic mass is 35.5. The Morgan fingerprint density at radius 3 is 2.75 bits per heavy atom. The number of nitrogens with two attached hydrogens (primary N) is 2. The summed E-state index contributed by atoms with van der Waals surface area (Å²) in [4.78, 5) is 14.3. The SMILES string of the molecule is NC(N)=NC(=O)C=Cc1cc(F)ccc1Cl. The second-order valence-electron chi connectivity index (χ2n) is 2.87. The average molecular weight is 242 g/mol. The van der Waals surface area contributed by atoms with Crippen molar-refractivity contribution in [3.05, 3.63) is 40.7 Å². The Hall–Kier alpha value is -1.88. The number of carbonyl (C=O) groups excluding carboxylic acids is 1. The zero-order valence-corrected chi connectivity index (χ0v) is 8.91. The highest BCUT2D eigenvalue weighted by molar-refractivity contribution is 6.32. The fourth-order valence-electron chi connectivity index (χ4n) is 0.968. The lowest BCUT2D eigenvalue weighted by atomic mass is 10.2. The van der Waals surface area contributed by atoms with Gasteiger partial charge in [-0.05, 0) is 29.8 Å². The van der Waals surface area contributed by atoms with Crippen LogP contribution < -0.4 is 11.5 Å². The summed E-state index contributed by atoms with van der Waals surface area (Å²) in [6, 6.07) is 3.81. The van der Waals surface area contributed by atoms with E-state index in [0.29, 0.717) is 10.6 Å². The molecule has 1 amide bonds. The van der Waals surface area contributed by atoms with E-state index >= 15 is 0 Å². The molecule has 0 bridgehead atoms. The predicted molar refractivity (Wildman–Crippen MR) is 61.3 cm³/mol. The summed E-state index contributed by atoms with van der Waals surface area (Å²) in [6.07, 6.45) is 2.43. The zero-order chi connectivity index (χ0) is 12.1. The number of hydrogen-bond donors (Lipinski definition) is 2. The predicted octanol–water partition coefficient (Wildman–Crippen LogP) is 1.29. The van der Waals surface area contributed by atoms with E-state index in [1.165, 1.54) is 24.3 Å². The van der Waals surface area contributed by atoms with Crippen LogP contribution in [0.3, 0.4) is 0 Å². The van der Waals surface area contributed by atoms with Crippen LogP contribution in [0.2, 0.25) is 5.02 Å². The molecule has 1 aromatic rings. The lowest BCUT2D eigenvalue weighted by molar-refractivity contribution is -0.113. The van der Waals surface area contributed by atoms with Gasteiger partial charge in [-0.3, -0.25) is 4.79 Å². The van der Waals surface area contributed by atoms with Gasteiger partial charge in [0.25, 0.3) is 5.91 Å². The normalized spacial score (nSPS) is 10.4. The van der Waals surface area contributed by atoms with Gasteiger partial charge in [0.2, 0.25) is 0 Å². The van der Waals surface area contributed by atoms with Crippen molar-refractivity contribution in [2.45, 2.75) is 0 Å². The van der Waals surface area contributed by atoms with Crippen LogP contribution >= 0.6 is 11.6 Å². The first-order chi connectivity index (χ1) is 7.49. The van der Waals surface area contributed by atoms with Crippen molar-refractivity contribution in [2.24, 2.45) is 16.5 Å². The molecular formula is C10H9ClFN3O. The van der Waals surface area contributed by atoms with Gasteiger partial charge >= 0.3 is 0 Å². The van der Waals surface area contributed by atoms with Gasteiger partial charge in [-0.25, -0.2) is 4.39 Å². The molecule has 0 radical (unpaired) electrons. The number of amides is 1. The van der Waals surface area contributed by atoms with Crippen molar-refractivity contribution in [2.75, 3.05) is 0 Å². The van der Waals surface area contributed by atoms with Crippen LogP contribution in [0.5, 0.6) is 0 Å². The quantitative estimate of drug-likeness (QED) is 0.465. The number of carbonyl (C=O) groups is 1. The molecule has 84 valence electrons. The number of hydrogen-bond acceptors (Lipinski definition) is 1. The van der Waals surface area contributed by atoms with Gasteiger partial charge in [0.15, 0.2) is 5.96 Å². The monoisotopic (exact) mass is 241 g/mol. The maximum absolute atomic E-state index is 12.8. The minimum Gasteiger partial charge on any atom is -0.370 e. The van der Waals surface area contributed by atoms with E-state index in [9.17, 15) is 9.18 Å². The molecule has 6 heteroatoms. The van der Waals surface area contributed by atoms with E-state index in [4.69, 9.17) is 23.1 Å².